The fraction of sp³-hybridized carbons (Fsp3) is 0.192. The molecule has 0 atom stereocenters. The van der Waals surface area contributed by atoms with E-state index in [2.05, 4.69) is 32.9 Å². The number of fused-ring (bicyclic) bond motifs is 1. The number of rotatable bonds is 8. The smallest absolute Gasteiger partial charge is 0.282 e. The van der Waals surface area contributed by atoms with Gasteiger partial charge in [-0.15, -0.1) is 0 Å². The fourth-order valence-electron chi connectivity index (χ4n) is 3.44. The summed E-state index contributed by atoms with van der Waals surface area (Å²) in [6.45, 7) is 2.28. The molecule has 3 aromatic carbocycles. The summed E-state index contributed by atoms with van der Waals surface area (Å²) in [5, 5.41) is 5.32. The predicted octanol–water partition coefficient (Wildman–Crippen LogP) is 6.76. The first-order valence-electron chi connectivity index (χ1n) is 10.9. The van der Waals surface area contributed by atoms with Gasteiger partial charge < -0.3 is 4.74 Å². The van der Waals surface area contributed by atoms with E-state index in [0.29, 0.717) is 45.0 Å². The largest absolute Gasteiger partial charge is 0.487 e. The molecule has 4 rings (SSSR count). The first-order valence-corrected chi connectivity index (χ1v) is 12.0. The molecule has 0 bridgehead atoms. The minimum atomic E-state index is -0.317. The quantitative estimate of drug-likeness (QED) is 0.231. The molecule has 0 aliphatic rings. The van der Waals surface area contributed by atoms with Crippen LogP contribution in [0.15, 0.2) is 75.0 Å². The fourth-order valence-corrected chi connectivity index (χ4v) is 4.04. The van der Waals surface area contributed by atoms with E-state index < -0.39 is 0 Å². The van der Waals surface area contributed by atoms with Crippen molar-refractivity contribution >= 4 is 44.6 Å². The molecule has 0 amide bonds. The highest BCUT2D eigenvalue weighted by molar-refractivity contribution is 9.10. The second kappa shape index (κ2) is 10.9. The van der Waals surface area contributed by atoms with Crippen molar-refractivity contribution in [1.29, 1.82) is 0 Å². The van der Waals surface area contributed by atoms with Gasteiger partial charge in [-0.1, -0.05) is 53.0 Å². The number of halogens is 3. The lowest BCUT2D eigenvalue weighted by atomic mass is 10.2. The van der Waals surface area contributed by atoms with E-state index in [1.807, 2.05) is 12.1 Å². The molecular weight excluding hydrogens is 521 g/mol. The molecule has 0 saturated heterocycles. The summed E-state index contributed by atoms with van der Waals surface area (Å²) >= 11 is 9.80. The Morgan fingerprint density at radius 3 is 2.79 bits per heavy atom. The van der Waals surface area contributed by atoms with Gasteiger partial charge >= 0.3 is 0 Å². The molecule has 0 N–H and O–H groups in total. The number of hydrogen-bond acceptors (Lipinski definition) is 4. The third-order valence-corrected chi connectivity index (χ3v) is 5.98. The Balaban J connectivity index is 1.60. The van der Waals surface area contributed by atoms with Crippen molar-refractivity contribution in [2.24, 2.45) is 5.10 Å². The monoisotopic (exact) mass is 541 g/mol. The van der Waals surface area contributed by atoms with Gasteiger partial charge in [-0.3, -0.25) is 4.79 Å². The van der Waals surface area contributed by atoms with Crippen LogP contribution in [-0.2, 0) is 13.0 Å². The van der Waals surface area contributed by atoms with Crippen LogP contribution < -0.4 is 10.3 Å². The van der Waals surface area contributed by atoms with Crippen LogP contribution >= 0.6 is 27.5 Å². The minimum Gasteiger partial charge on any atom is -0.487 e. The van der Waals surface area contributed by atoms with Crippen LogP contribution in [0.3, 0.4) is 0 Å². The molecule has 0 aliphatic carbocycles. The minimum absolute atomic E-state index is 0.194. The molecule has 1 heterocycles. The van der Waals surface area contributed by atoms with Gasteiger partial charge in [0.05, 0.1) is 22.1 Å². The third kappa shape index (κ3) is 5.72. The summed E-state index contributed by atoms with van der Waals surface area (Å²) in [4.78, 5) is 17.8. The average Bonchev–Trinajstić information content (AvgIpc) is 2.82. The third-order valence-electron chi connectivity index (χ3n) is 5.19. The number of unbranched alkanes of at least 4 members (excludes halogenated alkanes) is 1. The van der Waals surface area contributed by atoms with Crippen molar-refractivity contribution in [2.45, 2.75) is 32.8 Å². The van der Waals surface area contributed by atoms with Crippen molar-refractivity contribution in [2.75, 3.05) is 0 Å². The first kappa shape index (κ1) is 24.1. The number of benzene rings is 3. The standard InChI is InChI=1S/C26H22BrClFN3O2/c1-2-3-7-25-31-23-10-9-19(27)14-21(23)26(33)32(25)30-15-17-8-11-24(22(28)13-17)34-16-18-5-4-6-20(29)12-18/h4-6,8-15H,2-3,7,16H2,1H3. The predicted molar refractivity (Wildman–Crippen MR) is 137 cm³/mol. The van der Waals surface area contributed by atoms with Gasteiger partial charge in [0.25, 0.3) is 5.56 Å². The summed E-state index contributed by atoms with van der Waals surface area (Å²) < 4.78 is 21.2. The molecule has 8 heteroatoms. The molecule has 34 heavy (non-hydrogen) atoms. The van der Waals surface area contributed by atoms with Crippen molar-refractivity contribution < 1.29 is 9.13 Å². The van der Waals surface area contributed by atoms with E-state index in [1.54, 1.807) is 42.6 Å². The maximum atomic E-state index is 13.4. The van der Waals surface area contributed by atoms with Crippen LogP contribution in [0.4, 0.5) is 4.39 Å². The highest BCUT2D eigenvalue weighted by Crippen LogP contribution is 2.26. The second-order valence-electron chi connectivity index (χ2n) is 7.76. The summed E-state index contributed by atoms with van der Waals surface area (Å²) in [7, 11) is 0. The van der Waals surface area contributed by atoms with Gasteiger partial charge in [0.15, 0.2) is 0 Å². The highest BCUT2D eigenvalue weighted by atomic mass is 79.9. The number of nitrogens with zero attached hydrogens (tertiary/aromatic N) is 3. The Morgan fingerprint density at radius 2 is 2.03 bits per heavy atom. The van der Waals surface area contributed by atoms with E-state index in [9.17, 15) is 9.18 Å². The van der Waals surface area contributed by atoms with Gasteiger partial charge in [0.1, 0.15) is 24.0 Å². The average molecular weight is 543 g/mol. The van der Waals surface area contributed by atoms with E-state index in [1.165, 1.54) is 16.8 Å². The Hall–Kier alpha value is -3.03. The van der Waals surface area contributed by atoms with Gasteiger partial charge in [-0.25, -0.2) is 9.37 Å². The van der Waals surface area contributed by atoms with Crippen LogP contribution in [0.25, 0.3) is 10.9 Å². The zero-order valence-electron chi connectivity index (χ0n) is 18.5. The molecule has 1 aromatic heterocycles. The molecule has 0 radical (unpaired) electrons. The SMILES string of the molecule is CCCCc1nc2ccc(Br)cc2c(=O)n1N=Cc1ccc(OCc2cccc(F)c2)c(Cl)c1. The second-order valence-corrected chi connectivity index (χ2v) is 9.09. The molecule has 0 spiro atoms. The molecule has 0 unspecified atom stereocenters. The number of aromatic nitrogens is 2. The maximum Gasteiger partial charge on any atom is 0.282 e. The van der Waals surface area contributed by atoms with Crippen LogP contribution in [0, 0.1) is 5.82 Å². The normalized spacial score (nSPS) is 11.4. The Labute approximate surface area is 210 Å². The lowest BCUT2D eigenvalue weighted by molar-refractivity contribution is 0.306. The Bertz CT molecular complexity index is 1420. The number of ether oxygens (including phenoxy) is 1. The van der Waals surface area contributed by atoms with Crippen LogP contribution in [0.1, 0.15) is 36.7 Å². The highest BCUT2D eigenvalue weighted by Gasteiger charge is 2.11. The van der Waals surface area contributed by atoms with E-state index in [-0.39, 0.29) is 18.0 Å². The zero-order valence-corrected chi connectivity index (χ0v) is 20.8. The van der Waals surface area contributed by atoms with Crippen molar-refractivity contribution in [3.63, 3.8) is 0 Å². The van der Waals surface area contributed by atoms with Crippen LogP contribution in [-0.4, -0.2) is 15.9 Å². The van der Waals surface area contributed by atoms with E-state index in [0.717, 1.165) is 17.3 Å². The molecular formula is C26H22BrClFN3O2. The van der Waals surface area contributed by atoms with Gasteiger partial charge in [0.2, 0.25) is 0 Å². The van der Waals surface area contributed by atoms with Gasteiger partial charge in [-0.2, -0.15) is 9.78 Å². The Morgan fingerprint density at radius 1 is 1.18 bits per heavy atom. The van der Waals surface area contributed by atoms with Crippen molar-refractivity contribution in [3.05, 3.63) is 103 Å². The van der Waals surface area contributed by atoms with E-state index in [4.69, 9.17) is 16.3 Å². The zero-order chi connectivity index (χ0) is 24.1. The van der Waals surface area contributed by atoms with Crippen LogP contribution in [0.2, 0.25) is 5.02 Å². The molecule has 5 nitrogen and oxygen atoms in total. The summed E-state index contributed by atoms with van der Waals surface area (Å²) in [5.41, 5.74) is 1.82. The van der Waals surface area contributed by atoms with E-state index >= 15 is 0 Å². The molecule has 0 saturated carbocycles. The molecule has 0 fully saturated rings. The maximum absolute atomic E-state index is 13.4. The van der Waals surface area contributed by atoms with Gasteiger partial charge in [0, 0.05) is 10.9 Å². The summed E-state index contributed by atoms with van der Waals surface area (Å²) in [6.07, 6.45) is 4.09. The van der Waals surface area contributed by atoms with Gasteiger partial charge in [-0.05, 0) is 66.1 Å². The lowest BCUT2D eigenvalue weighted by Gasteiger charge is -2.10. The lowest BCUT2D eigenvalue weighted by Crippen LogP contribution is -2.22. The summed E-state index contributed by atoms with van der Waals surface area (Å²) in [6, 6.07) is 16.9. The number of hydrogen-bond donors (Lipinski definition) is 0. The van der Waals surface area contributed by atoms with Crippen molar-refractivity contribution in [3.8, 4) is 5.75 Å². The number of aryl methyl sites for hydroxylation is 1. The molecule has 0 aliphatic heterocycles. The molecule has 4 aromatic rings. The molecule has 174 valence electrons. The first-order chi connectivity index (χ1) is 16.4. The van der Waals surface area contributed by atoms with Crippen molar-refractivity contribution in [1.82, 2.24) is 9.66 Å². The Kier molecular flexibility index (Phi) is 7.75. The van der Waals surface area contributed by atoms with Crippen LogP contribution in [0.5, 0.6) is 5.75 Å². The topological polar surface area (TPSA) is 56.5 Å². The summed E-state index contributed by atoms with van der Waals surface area (Å²) in [5.74, 6) is 0.767.